The first kappa shape index (κ1) is 20.4. The zero-order valence-electron chi connectivity index (χ0n) is 13.8. The summed E-state index contributed by atoms with van der Waals surface area (Å²) in [4.78, 5) is 21.1. The molecule has 1 heterocycles. The molecular formula is C16H21IN4O2S. The van der Waals surface area contributed by atoms with Crippen LogP contribution in [0.5, 0.6) is 0 Å². The quantitative estimate of drug-likeness (QED) is 0.311. The number of benzene rings is 1. The first-order valence-corrected chi connectivity index (χ1v) is 7.97. The molecule has 0 atom stereocenters. The molecule has 1 aromatic carbocycles. The molecule has 2 N–H and O–H groups in total. The van der Waals surface area contributed by atoms with E-state index in [4.69, 9.17) is 0 Å². The van der Waals surface area contributed by atoms with Gasteiger partial charge in [-0.1, -0.05) is 12.1 Å². The molecule has 0 fully saturated rings. The summed E-state index contributed by atoms with van der Waals surface area (Å²) in [6, 6.07) is 7.27. The van der Waals surface area contributed by atoms with Gasteiger partial charge in [0.15, 0.2) is 5.96 Å². The number of aliphatic imine (C=N–C) groups is 1. The van der Waals surface area contributed by atoms with E-state index >= 15 is 0 Å². The van der Waals surface area contributed by atoms with E-state index in [-0.39, 0.29) is 29.9 Å². The minimum Gasteiger partial charge on any atom is -0.465 e. The lowest BCUT2D eigenvalue weighted by molar-refractivity contribution is 0.0600. The number of aryl methyl sites for hydroxylation is 1. The summed E-state index contributed by atoms with van der Waals surface area (Å²) in [5.41, 5.74) is 1.59. The van der Waals surface area contributed by atoms with E-state index in [1.54, 1.807) is 30.5 Å². The van der Waals surface area contributed by atoms with Crippen LogP contribution in [0.4, 0.5) is 0 Å². The van der Waals surface area contributed by atoms with E-state index in [1.807, 2.05) is 25.3 Å². The molecule has 6 nitrogen and oxygen atoms in total. The molecule has 0 spiro atoms. The summed E-state index contributed by atoms with van der Waals surface area (Å²) in [5, 5.41) is 7.47. The van der Waals surface area contributed by atoms with Gasteiger partial charge in [-0.05, 0) is 24.6 Å². The number of esters is 1. The van der Waals surface area contributed by atoms with Crippen LogP contribution in [0.2, 0.25) is 0 Å². The van der Waals surface area contributed by atoms with Gasteiger partial charge in [0.2, 0.25) is 0 Å². The standard InChI is InChI=1S/C16H20N4O2S.HI/c1-11-8-18-14(23-11)10-20-16(17-2)19-9-12-4-6-13(7-5-12)15(21)22-3;/h4-8H,9-10H2,1-3H3,(H2,17,19,20);1H. The van der Waals surface area contributed by atoms with Gasteiger partial charge in [-0.25, -0.2) is 9.78 Å². The number of carbonyl (C=O) groups is 1. The summed E-state index contributed by atoms with van der Waals surface area (Å²) >= 11 is 1.66. The zero-order chi connectivity index (χ0) is 16.7. The third kappa shape index (κ3) is 6.08. The Kier molecular flexibility index (Phi) is 8.69. The number of carbonyl (C=O) groups excluding carboxylic acids is 1. The molecule has 0 aliphatic rings. The summed E-state index contributed by atoms with van der Waals surface area (Å²) in [7, 11) is 3.10. The van der Waals surface area contributed by atoms with Gasteiger partial charge < -0.3 is 15.4 Å². The number of hydrogen-bond acceptors (Lipinski definition) is 5. The van der Waals surface area contributed by atoms with E-state index in [0.29, 0.717) is 24.6 Å². The van der Waals surface area contributed by atoms with Gasteiger partial charge in [0.25, 0.3) is 0 Å². The number of nitrogens with one attached hydrogen (secondary N) is 2. The Morgan fingerprint density at radius 3 is 2.46 bits per heavy atom. The summed E-state index contributed by atoms with van der Waals surface area (Å²) in [6.07, 6.45) is 1.86. The molecule has 0 saturated carbocycles. The molecule has 0 bridgehead atoms. The van der Waals surface area contributed by atoms with Crippen LogP contribution < -0.4 is 10.6 Å². The Hall–Kier alpha value is -1.68. The van der Waals surface area contributed by atoms with Crippen molar-refractivity contribution in [2.24, 2.45) is 4.99 Å². The Morgan fingerprint density at radius 1 is 1.25 bits per heavy atom. The van der Waals surface area contributed by atoms with Gasteiger partial charge in [-0.3, -0.25) is 4.99 Å². The van der Waals surface area contributed by atoms with Gasteiger partial charge in [-0.15, -0.1) is 35.3 Å². The molecule has 2 rings (SSSR count). The molecule has 1 aromatic heterocycles. The van der Waals surface area contributed by atoms with E-state index in [1.165, 1.54) is 12.0 Å². The van der Waals surface area contributed by atoms with Crippen molar-refractivity contribution in [3.8, 4) is 0 Å². The van der Waals surface area contributed by atoms with Gasteiger partial charge in [-0.2, -0.15) is 0 Å². The number of aromatic nitrogens is 1. The van der Waals surface area contributed by atoms with Crippen LogP contribution in [0.3, 0.4) is 0 Å². The maximum Gasteiger partial charge on any atom is 0.337 e. The van der Waals surface area contributed by atoms with Crippen LogP contribution in [-0.4, -0.2) is 31.1 Å². The van der Waals surface area contributed by atoms with Crippen LogP contribution >= 0.6 is 35.3 Å². The highest BCUT2D eigenvalue weighted by Gasteiger charge is 2.05. The molecule has 0 aliphatic heterocycles. The molecule has 0 saturated heterocycles. The van der Waals surface area contributed by atoms with Crippen LogP contribution in [0, 0.1) is 6.92 Å². The van der Waals surface area contributed by atoms with E-state index in [2.05, 4.69) is 25.3 Å². The van der Waals surface area contributed by atoms with Gasteiger partial charge in [0, 0.05) is 24.7 Å². The van der Waals surface area contributed by atoms with Crippen molar-refractivity contribution in [1.29, 1.82) is 0 Å². The van der Waals surface area contributed by atoms with Gasteiger partial charge in [0.1, 0.15) is 5.01 Å². The fourth-order valence-corrected chi connectivity index (χ4v) is 2.65. The number of hydrogen-bond donors (Lipinski definition) is 2. The van der Waals surface area contributed by atoms with Crippen molar-refractivity contribution >= 4 is 47.2 Å². The first-order chi connectivity index (χ1) is 11.1. The van der Waals surface area contributed by atoms with Crippen molar-refractivity contribution in [2.45, 2.75) is 20.0 Å². The summed E-state index contributed by atoms with van der Waals surface area (Å²) < 4.78 is 4.68. The Morgan fingerprint density at radius 2 is 1.92 bits per heavy atom. The van der Waals surface area contributed by atoms with Crippen LogP contribution in [0.25, 0.3) is 0 Å². The highest BCUT2D eigenvalue weighted by atomic mass is 127. The number of nitrogens with zero attached hydrogens (tertiary/aromatic N) is 2. The molecule has 2 aromatic rings. The summed E-state index contributed by atoms with van der Waals surface area (Å²) in [6.45, 7) is 3.28. The Bertz CT molecular complexity index is 686. The predicted octanol–water partition coefficient (Wildman–Crippen LogP) is 2.72. The van der Waals surface area contributed by atoms with Crippen LogP contribution in [-0.2, 0) is 17.8 Å². The largest absolute Gasteiger partial charge is 0.465 e. The highest BCUT2D eigenvalue weighted by Crippen LogP contribution is 2.10. The lowest BCUT2D eigenvalue weighted by atomic mass is 10.1. The molecule has 24 heavy (non-hydrogen) atoms. The monoisotopic (exact) mass is 460 g/mol. The van der Waals surface area contributed by atoms with Gasteiger partial charge >= 0.3 is 5.97 Å². The number of halogens is 1. The Labute approximate surface area is 162 Å². The van der Waals surface area contributed by atoms with E-state index < -0.39 is 0 Å². The second kappa shape index (κ2) is 10.2. The third-order valence-corrected chi connectivity index (χ3v) is 4.05. The molecule has 0 aliphatic carbocycles. The van der Waals surface area contributed by atoms with Crippen molar-refractivity contribution in [1.82, 2.24) is 15.6 Å². The molecule has 0 amide bonds. The van der Waals surface area contributed by atoms with Crippen molar-refractivity contribution in [2.75, 3.05) is 14.2 Å². The fraction of sp³-hybridized carbons (Fsp3) is 0.312. The smallest absolute Gasteiger partial charge is 0.337 e. The summed E-state index contributed by atoms with van der Waals surface area (Å²) in [5.74, 6) is 0.371. The van der Waals surface area contributed by atoms with Crippen molar-refractivity contribution in [3.63, 3.8) is 0 Å². The lowest BCUT2D eigenvalue weighted by Crippen LogP contribution is -2.36. The molecule has 130 valence electrons. The minimum atomic E-state index is -0.333. The van der Waals surface area contributed by atoms with Crippen molar-refractivity contribution in [3.05, 3.63) is 51.5 Å². The highest BCUT2D eigenvalue weighted by molar-refractivity contribution is 14.0. The lowest BCUT2D eigenvalue weighted by Gasteiger charge is -2.11. The third-order valence-electron chi connectivity index (χ3n) is 3.13. The normalized spacial score (nSPS) is 10.7. The molecule has 0 radical (unpaired) electrons. The number of guanidine groups is 1. The SMILES string of the molecule is CN=C(NCc1ccc(C(=O)OC)cc1)NCc1ncc(C)s1.I. The van der Waals surface area contributed by atoms with Crippen LogP contribution in [0.1, 0.15) is 25.8 Å². The topological polar surface area (TPSA) is 75.6 Å². The Balaban J connectivity index is 0.00000288. The second-order valence-electron chi connectivity index (χ2n) is 4.83. The first-order valence-electron chi connectivity index (χ1n) is 7.15. The average Bonchev–Trinajstić information content (AvgIpc) is 3.00. The average molecular weight is 460 g/mol. The van der Waals surface area contributed by atoms with Crippen molar-refractivity contribution < 1.29 is 9.53 Å². The molecular weight excluding hydrogens is 439 g/mol. The predicted molar refractivity (Wildman–Crippen MR) is 107 cm³/mol. The fourth-order valence-electron chi connectivity index (χ4n) is 1.93. The number of methoxy groups -OCH3 is 1. The number of thiazole rings is 1. The minimum absolute atomic E-state index is 0. The van der Waals surface area contributed by atoms with E-state index in [9.17, 15) is 4.79 Å². The van der Waals surface area contributed by atoms with Gasteiger partial charge in [0.05, 0.1) is 19.2 Å². The maximum absolute atomic E-state index is 11.4. The molecule has 8 heteroatoms. The maximum atomic E-state index is 11.4. The zero-order valence-corrected chi connectivity index (χ0v) is 17.0. The van der Waals surface area contributed by atoms with Crippen LogP contribution in [0.15, 0.2) is 35.5 Å². The number of ether oxygens (including phenoxy) is 1. The second-order valence-corrected chi connectivity index (χ2v) is 6.15. The van der Waals surface area contributed by atoms with E-state index in [0.717, 1.165) is 10.6 Å². The number of rotatable bonds is 5. The molecule has 0 unspecified atom stereocenters.